The third kappa shape index (κ3) is 5.34. The summed E-state index contributed by atoms with van der Waals surface area (Å²) in [7, 11) is 4.88. The molecule has 1 aromatic heterocycles. The SMILES string of the molecule is Cc1cc(C#CC2CC2)ccc1N(C)C(=O)n1c(C)cc(OCC(=O)N(C)C)cc1=O. The largest absolute Gasteiger partial charge is 0.484 e. The topological polar surface area (TPSA) is 71.8 Å². The van der Waals surface area contributed by atoms with Crippen molar-refractivity contribution in [1.29, 1.82) is 0 Å². The number of carbonyl (C=O) groups excluding carboxylic acids is 2. The molecule has 0 bridgehead atoms. The second-order valence-corrected chi connectivity index (χ2v) is 7.97. The number of nitrogens with zero attached hydrogens (tertiary/aromatic N) is 3. The van der Waals surface area contributed by atoms with E-state index in [4.69, 9.17) is 4.74 Å². The molecule has 1 heterocycles. The maximum atomic E-state index is 13.1. The van der Waals surface area contributed by atoms with Crippen LogP contribution in [0.1, 0.15) is 29.7 Å². The van der Waals surface area contributed by atoms with E-state index >= 15 is 0 Å². The maximum absolute atomic E-state index is 13.1. The van der Waals surface area contributed by atoms with Crippen LogP contribution >= 0.6 is 0 Å². The summed E-state index contributed by atoms with van der Waals surface area (Å²) in [5.74, 6) is 6.95. The first-order valence-electron chi connectivity index (χ1n) is 10.1. The molecule has 0 radical (unpaired) electrons. The Morgan fingerprint density at radius 2 is 1.84 bits per heavy atom. The average Bonchev–Trinajstić information content (AvgIpc) is 3.54. The lowest BCUT2D eigenvalue weighted by Gasteiger charge is -2.22. The molecule has 3 rings (SSSR count). The second-order valence-electron chi connectivity index (χ2n) is 7.97. The molecule has 0 atom stereocenters. The number of hydrogen-bond donors (Lipinski definition) is 0. The Labute approximate surface area is 182 Å². The smallest absolute Gasteiger partial charge is 0.335 e. The summed E-state index contributed by atoms with van der Waals surface area (Å²) in [5, 5.41) is 0. The van der Waals surface area contributed by atoms with Crippen LogP contribution in [0.4, 0.5) is 10.5 Å². The summed E-state index contributed by atoms with van der Waals surface area (Å²) in [5.41, 5.74) is 2.41. The number of rotatable bonds is 4. The van der Waals surface area contributed by atoms with E-state index in [2.05, 4.69) is 11.8 Å². The van der Waals surface area contributed by atoms with Crippen molar-refractivity contribution in [3.63, 3.8) is 0 Å². The van der Waals surface area contributed by atoms with Gasteiger partial charge in [-0.3, -0.25) is 14.5 Å². The standard InChI is InChI=1S/C24H27N3O4/c1-16-12-19(9-8-18-6-7-18)10-11-21(16)26(5)24(30)27-17(2)13-20(14-22(27)28)31-15-23(29)25(3)4/h10-14,18H,6-7,15H2,1-5H3. The Balaban J connectivity index is 1.79. The fourth-order valence-corrected chi connectivity index (χ4v) is 3.05. The minimum absolute atomic E-state index is 0.182. The molecular weight excluding hydrogens is 394 g/mol. The van der Waals surface area contributed by atoms with Crippen molar-refractivity contribution in [2.24, 2.45) is 5.92 Å². The fourth-order valence-electron chi connectivity index (χ4n) is 3.05. The molecule has 0 spiro atoms. The summed E-state index contributed by atoms with van der Waals surface area (Å²) >= 11 is 0. The number of pyridine rings is 1. The first-order chi connectivity index (χ1) is 14.7. The van der Waals surface area contributed by atoms with E-state index in [0.717, 1.165) is 15.7 Å². The number of likely N-dealkylation sites (N-methyl/N-ethyl adjacent to an activating group) is 1. The number of aryl methyl sites for hydroxylation is 2. The first kappa shape index (κ1) is 22.2. The summed E-state index contributed by atoms with van der Waals surface area (Å²) in [6, 6.07) is 7.98. The van der Waals surface area contributed by atoms with E-state index in [1.165, 1.54) is 28.7 Å². The molecular formula is C24H27N3O4. The van der Waals surface area contributed by atoms with Crippen molar-refractivity contribution in [3.8, 4) is 17.6 Å². The molecule has 0 saturated heterocycles. The number of benzene rings is 1. The van der Waals surface area contributed by atoms with Crippen LogP contribution in [0.5, 0.6) is 5.75 Å². The van der Waals surface area contributed by atoms with Crippen LogP contribution < -0.4 is 15.2 Å². The first-order valence-corrected chi connectivity index (χ1v) is 10.1. The van der Waals surface area contributed by atoms with E-state index in [9.17, 15) is 14.4 Å². The van der Waals surface area contributed by atoms with Gasteiger partial charge >= 0.3 is 6.03 Å². The predicted octanol–water partition coefficient (Wildman–Crippen LogP) is 2.80. The molecule has 1 aliphatic rings. The highest BCUT2D eigenvalue weighted by molar-refractivity contribution is 5.94. The molecule has 0 unspecified atom stereocenters. The lowest BCUT2D eigenvalue weighted by molar-refractivity contribution is -0.130. The summed E-state index contributed by atoms with van der Waals surface area (Å²) in [4.78, 5) is 40.2. The monoisotopic (exact) mass is 421 g/mol. The van der Waals surface area contributed by atoms with Gasteiger partial charge in [-0.1, -0.05) is 11.8 Å². The number of hydrogen-bond acceptors (Lipinski definition) is 4. The molecule has 0 aliphatic heterocycles. The lowest BCUT2D eigenvalue weighted by atomic mass is 10.1. The highest BCUT2D eigenvalue weighted by Crippen LogP contribution is 2.28. The maximum Gasteiger partial charge on any atom is 0.335 e. The average molecular weight is 421 g/mol. The van der Waals surface area contributed by atoms with Gasteiger partial charge in [-0.25, -0.2) is 9.36 Å². The van der Waals surface area contributed by atoms with E-state index in [-0.39, 0.29) is 18.3 Å². The molecule has 1 aromatic carbocycles. The van der Waals surface area contributed by atoms with E-state index in [0.29, 0.717) is 17.3 Å². The van der Waals surface area contributed by atoms with E-state index in [1.54, 1.807) is 34.1 Å². The molecule has 31 heavy (non-hydrogen) atoms. The van der Waals surface area contributed by atoms with Crippen LogP contribution in [0.2, 0.25) is 0 Å². The number of ether oxygens (including phenoxy) is 1. The Bertz CT molecular complexity index is 1130. The number of carbonyl (C=O) groups is 2. The van der Waals surface area contributed by atoms with Crippen molar-refractivity contribution in [1.82, 2.24) is 9.47 Å². The van der Waals surface area contributed by atoms with Gasteiger partial charge < -0.3 is 9.64 Å². The minimum atomic E-state index is -0.520. The van der Waals surface area contributed by atoms with E-state index in [1.807, 2.05) is 25.1 Å². The van der Waals surface area contributed by atoms with Crippen LogP contribution in [-0.4, -0.2) is 49.2 Å². The predicted molar refractivity (Wildman–Crippen MR) is 120 cm³/mol. The highest BCUT2D eigenvalue weighted by atomic mass is 16.5. The van der Waals surface area contributed by atoms with Crippen LogP contribution in [0, 0.1) is 31.6 Å². The van der Waals surface area contributed by atoms with Gasteiger partial charge in [0.05, 0.1) is 0 Å². The van der Waals surface area contributed by atoms with Gasteiger partial charge in [-0.05, 0) is 50.5 Å². The second kappa shape index (κ2) is 9.09. The molecule has 1 aliphatic carbocycles. The molecule has 7 nitrogen and oxygen atoms in total. The van der Waals surface area contributed by atoms with Crippen molar-refractivity contribution in [2.45, 2.75) is 26.7 Å². The Hall–Kier alpha value is -3.53. The van der Waals surface area contributed by atoms with Crippen LogP contribution in [0.15, 0.2) is 35.1 Å². The van der Waals surface area contributed by atoms with Crippen molar-refractivity contribution >= 4 is 17.6 Å². The quantitative estimate of drug-likeness (QED) is 0.712. The van der Waals surface area contributed by atoms with Crippen molar-refractivity contribution < 1.29 is 14.3 Å². The third-order valence-corrected chi connectivity index (χ3v) is 5.09. The Kier molecular flexibility index (Phi) is 6.50. The Morgan fingerprint density at radius 1 is 1.13 bits per heavy atom. The van der Waals surface area contributed by atoms with Gasteiger partial charge in [0.15, 0.2) is 6.61 Å². The molecule has 1 fully saturated rings. The fraction of sp³-hybridized carbons (Fsp3) is 0.375. The molecule has 0 N–H and O–H groups in total. The molecule has 2 aromatic rings. The van der Waals surface area contributed by atoms with Crippen LogP contribution in [0.3, 0.4) is 0 Å². The van der Waals surface area contributed by atoms with Gasteiger partial charge in [0.25, 0.3) is 11.5 Å². The zero-order valence-corrected chi connectivity index (χ0v) is 18.6. The molecule has 1 saturated carbocycles. The lowest BCUT2D eigenvalue weighted by Crippen LogP contribution is -2.39. The zero-order valence-electron chi connectivity index (χ0n) is 18.6. The summed E-state index contributed by atoms with van der Waals surface area (Å²) in [6.07, 6.45) is 2.34. The highest BCUT2D eigenvalue weighted by Gasteiger charge is 2.20. The number of amides is 2. The van der Waals surface area contributed by atoms with Crippen molar-refractivity contribution in [3.05, 3.63) is 57.5 Å². The number of aromatic nitrogens is 1. The van der Waals surface area contributed by atoms with Gasteiger partial charge in [-0.2, -0.15) is 0 Å². The van der Waals surface area contributed by atoms with E-state index < -0.39 is 11.6 Å². The molecule has 162 valence electrons. The molecule has 2 amide bonds. The van der Waals surface area contributed by atoms with Crippen LogP contribution in [0.25, 0.3) is 0 Å². The minimum Gasteiger partial charge on any atom is -0.484 e. The normalized spacial score (nSPS) is 12.5. The van der Waals surface area contributed by atoms with Gasteiger partial charge in [-0.15, -0.1) is 0 Å². The van der Waals surface area contributed by atoms with Crippen molar-refractivity contribution in [2.75, 3.05) is 32.6 Å². The van der Waals surface area contributed by atoms with Gasteiger partial charge in [0.2, 0.25) is 0 Å². The van der Waals surface area contributed by atoms with Gasteiger partial charge in [0.1, 0.15) is 5.75 Å². The number of anilines is 1. The van der Waals surface area contributed by atoms with Crippen LogP contribution in [-0.2, 0) is 4.79 Å². The van der Waals surface area contributed by atoms with Gasteiger partial charge in [0, 0.05) is 56.1 Å². The Morgan fingerprint density at radius 3 is 2.42 bits per heavy atom. The third-order valence-electron chi connectivity index (χ3n) is 5.09. The summed E-state index contributed by atoms with van der Waals surface area (Å²) < 4.78 is 6.49. The molecule has 7 heteroatoms. The zero-order chi connectivity index (χ0) is 22.7. The summed E-state index contributed by atoms with van der Waals surface area (Å²) in [6.45, 7) is 3.38.